The number of para-hydroxylation sites is 1. The second-order valence-electron chi connectivity index (χ2n) is 2.97. The molecule has 0 amide bonds. The molecule has 1 rings (SSSR count). The molecule has 0 bridgehead atoms. The number of amidine groups is 1. The number of ether oxygens (including phenoxy) is 1. The van der Waals surface area contributed by atoms with Gasteiger partial charge in [-0.05, 0) is 12.1 Å². The van der Waals surface area contributed by atoms with Gasteiger partial charge in [0, 0.05) is 5.75 Å². The van der Waals surface area contributed by atoms with Crippen LogP contribution in [-0.4, -0.2) is 23.5 Å². The SMILES string of the molecule is N=C(N=C(N)N)SCCOc1ccccc1Cl. The molecule has 0 aliphatic heterocycles. The third-order valence-corrected chi connectivity index (χ3v) is 2.69. The van der Waals surface area contributed by atoms with E-state index >= 15 is 0 Å². The first-order valence-electron chi connectivity index (χ1n) is 4.78. The maximum atomic E-state index is 7.38. The third kappa shape index (κ3) is 5.46. The minimum Gasteiger partial charge on any atom is -0.491 e. The zero-order valence-corrected chi connectivity index (χ0v) is 10.6. The van der Waals surface area contributed by atoms with Crippen molar-refractivity contribution in [2.75, 3.05) is 12.4 Å². The van der Waals surface area contributed by atoms with Crippen molar-refractivity contribution in [3.8, 4) is 5.75 Å². The highest BCUT2D eigenvalue weighted by molar-refractivity contribution is 8.13. The van der Waals surface area contributed by atoms with E-state index in [4.69, 9.17) is 33.2 Å². The first-order valence-corrected chi connectivity index (χ1v) is 6.14. The summed E-state index contributed by atoms with van der Waals surface area (Å²) in [6, 6.07) is 7.22. The summed E-state index contributed by atoms with van der Waals surface area (Å²) in [5, 5.41) is 8.01. The highest BCUT2D eigenvalue weighted by atomic mass is 35.5. The molecule has 0 aromatic heterocycles. The third-order valence-electron chi connectivity index (χ3n) is 1.65. The predicted molar refractivity (Wildman–Crippen MR) is 72.9 cm³/mol. The molecule has 0 spiro atoms. The van der Waals surface area contributed by atoms with Gasteiger partial charge in [-0.25, -0.2) is 0 Å². The zero-order valence-electron chi connectivity index (χ0n) is 9.02. The maximum Gasteiger partial charge on any atom is 0.193 e. The minimum atomic E-state index is -0.116. The van der Waals surface area contributed by atoms with E-state index in [1.54, 1.807) is 12.1 Å². The molecule has 5 nitrogen and oxygen atoms in total. The van der Waals surface area contributed by atoms with Crippen LogP contribution in [0.1, 0.15) is 0 Å². The fraction of sp³-hybridized carbons (Fsp3) is 0.200. The van der Waals surface area contributed by atoms with Crippen molar-refractivity contribution >= 4 is 34.5 Å². The molecule has 0 aliphatic rings. The Balaban J connectivity index is 2.28. The summed E-state index contributed by atoms with van der Waals surface area (Å²) in [5.41, 5.74) is 10.3. The van der Waals surface area contributed by atoms with Crippen LogP contribution >= 0.6 is 23.4 Å². The lowest BCUT2D eigenvalue weighted by molar-refractivity contribution is 0.344. The molecule has 17 heavy (non-hydrogen) atoms. The van der Waals surface area contributed by atoms with Crippen LogP contribution in [0.15, 0.2) is 29.3 Å². The van der Waals surface area contributed by atoms with Crippen molar-refractivity contribution < 1.29 is 4.74 Å². The number of guanidine groups is 1. The van der Waals surface area contributed by atoms with Crippen LogP contribution < -0.4 is 16.2 Å². The molecular weight excluding hydrogens is 260 g/mol. The van der Waals surface area contributed by atoms with Crippen LogP contribution in [0.3, 0.4) is 0 Å². The Morgan fingerprint density at radius 1 is 1.41 bits per heavy atom. The van der Waals surface area contributed by atoms with E-state index in [-0.39, 0.29) is 11.1 Å². The van der Waals surface area contributed by atoms with Crippen molar-refractivity contribution in [2.24, 2.45) is 16.5 Å². The number of nitrogens with two attached hydrogens (primary N) is 2. The molecule has 0 saturated heterocycles. The van der Waals surface area contributed by atoms with Gasteiger partial charge in [-0.2, -0.15) is 4.99 Å². The van der Waals surface area contributed by atoms with Gasteiger partial charge in [0.05, 0.1) is 11.6 Å². The Bertz CT molecular complexity index is 421. The lowest BCUT2D eigenvalue weighted by atomic mass is 10.3. The van der Waals surface area contributed by atoms with Crippen LogP contribution in [0, 0.1) is 5.41 Å². The number of aliphatic imine (C=N–C) groups is 1. The Morgan fingerprint density at radius 2 is 2.12 bits per heavy atom. The first-order chi connectivity index (χ1) is 8.09. The van der Waals surface area contributed by atoms with E-state index < -0.39 is 0 Å². The normalized spacial score (nSPS) is 9.71. The van der Waals surface area contributed by atoms with Crippen molar-refractivity contribution in [3.05, 3.63) is 29.3 Å². The number of halogens is 1. The molecule has 0 saturated carbocycles. The maximum absolute atomic E-state index is 7.38. The quantitative estimate of drug-likeness (QED) is 0.441. The van der Waals surface area contributed by atoms with Gasteiger partial charge in [0.15, 0.2) is 11.1 Å². The first kappa shape index (κ1) is 13.7. The molecule has 0 radical (unpaired) electrons. The van der Waals surface area contributed by atoms with Crippen LogP contribution in [0.25, 0.3) is 0 Å². The molecule has 92 valence electrons. The fourth-order valence-corrected chi connectivity index (χ4v) is 1.72. The Labute approximate surface area is 109 Å². The average molecular weight is 273 g/mol. The Kier molecular flexibility index (Phi) is 5.65. The molecule has 1 aromatic carbocycles. The van der Waals surface area contributed by atoms with E-state index in [9.17, 15) is 0 Å². The van der Waals surface area contributed by atoms with E-state index in [1.807, 2.05) is 12.1 Å². The number of thioether (sulfide) groups is 1. The van der Waals surface area contributed by atoms with E-state index in [0.717, 1.165) is 0 Å². The molecule has 1 aromatic rings. The number of hydrogen-bond acceptors (Lipinski definition) is 3. The topological polar surface area (TPSA) is 97.5 Å². The Morgan fingerprint density at radius 3 is 2.76 bits per heavy atom. The summed E-state index contributed by atoms with van der Waals surface area (Å²) < 4.78 is 5.43. The molecule has 0 heterocycles. The smallest absolute Gasteiger partial charge is 0.193 e. The largest absolute Gasteiger partial charge is 0.491 e. The number of benzene rings is 1. The van der Waals surface area contributed by atoms with Gasteiger partial charge in [0.25, 0.3) is 0 Å². The molecular formula is C10H13ClN4OS. The van der Waals surface area contributed by atoms with Gasteiger partial charge in [0.1, 0.15) is 5.75 Å². The lowest BCUT2D eigenvalue weighted by Crippen LogP contribution is -2.23. The van der Waals surface area contributed by atoms with Gasteiger partial charge < -0.3 is 16.2 Å². The molecule has 5 N–H and O–H groups in total. The highest BCUT2D eigenvalue weighted by Gasteiger charge is 2.00. The van der Waals surface area contributed by atoms with E-state index in [0.29, 0.717) is 23.1 Å². The number of nitrogens with one attached hydrogen (secondary N) is 1. The van der Waals surface area contributed by atoms with Crippen LogP contribution in [-0.2, 0) is 0 Å². The summed E-state index contributed by atoms with van der Waals surface area (Å²) in [6.07, 6.45) is 0. The predicted octanol–water partition coefficient (Wildman–Crippen LogP) is 1.66. The monoisotopic (exact) mass is 272 g/mol. The fourth-order valence-electron chi connectivity index (χ4n) is 1.00. The van der Waals surface area contributed by atoms with Crippen LogP contribution in [0.2, 0.25) is 5.02 Å². The molecule has 0 atom stereocenters. The lowest BCUT2D eigenvalue weighted by Gasteiger charge is -2.06. The van der Waals surface area contributed by atoms with Gasteiger partial charge in [-0.1, -0.05) is 35.5 Å². The number of nitrogens with zero attached hydrogens (tertiary/aromatic N) is 1. The highest BCUT2D eigenvalue weighted by Crippen LogP contribution is 2.23. The van der Waals surface area contributed by atoms with Gasteiger partial charge in [0.2, 0.25) is 0 Å². The van der Waals surface area contributed by atoms with Crippen molar-refractivity contribution in [3.63, 3.8) is 0 Å². The molecule has 0 fully saturated rings. The number of rotatable bonds is 4. The summed E-state index contributed by atoms with van der Waals surface area (Å²) >= 11 is 7.10. The van der Waals surface area contributed by atoms with Crippen LogP contribution in [0.5, 0.6) is 5.75 Å². The second kappa shape index (κ2) is 7.03. The number of hydrogen-bond donors (Lipinski definition) is 3. The van der Waals surface area contributed by atoms with Gasteiger partial charge >= 0.3 is 0 Å². The van der Waals surface area contributed by atoms with E-state index in [1.165, 1.54) is 11.8 Å². The summed E-state index contributed by atoms with van der Waals surface area (Å²) in [7, 11) is 0. The summed E-state index contributed by atoms with van der Waals surface area (Å²) in [5.74, 6) is 1.08. The van der Waals surface area contributed by atoms with Crippen molar-refractivity contribution in [1.82, 2.24) is 0 Å². The molecule has 0 aliphatic carbocycles. The second-order valence-corrected chi connectivity index (χ2v) is 4.46. The minimum absolute atomic E-state index is 0.0627. The standard InChI is InChI=1S/C10H13ClN4OS/c11-7-3-1-2-4-8(7)16-5-6-17-10(14)15-9(12)13/h1-4H,5-6H2,(H5,12,13,14,15). The molecule has 7 heteroatoms. The van der Waals surface area contributed by atoms with E-state index in [2.05, 4.69) is 4.99 Å². The molecule has 0 unspecified atom stereocenters. The van der Waals surface area contributed by atoms with Gasteiger partial charge in [-0.3, -0.25) is 5.41 Å². The van der Waals surface area contributed by atoms with Gasteiger partial charge in [-0.15, -0.1) is 0 Å². The van der Waals surface area contributed by atoms with Crippen molar-refractivity contribution in [1.29, 1.82) is 5.41 Å². The van der Waals surface area contributed by atoms with Crippen molar-refractivity contribution in [2.45, 2.75) is 0 Å². The summed E-state index contributed by atoms with van der Waals surface area (Å²) in [4.78, 5) is 3.58. The summed E-state index contributed by atoms with van der Waals surface area (Å²) in [6.45, 7) is 0.427. The Hall–Kier alpha value is -1.40. The zero-order chi connectivity index (χ0) is 12.7. The van der Waals surface area contributed by atoms with Crippen LogP contribution in [0.4, 0.5) is 0 Å². The average Bonchev–Trinajstić information content (AvgIpc) is 2.25.